The summed E-state index contributed by atoms with van der Waals surface area (Å²) in [7, 11) is 0. The van der Waals surface area contributed by atoms with Crippen molar-refractivity contribution in [3.63, 3.8) is 0 Å². The molecule has 0 saturated heterocycles. The minimum Gasteiger partial charge on any atom is -0.494 e. The summed E-state index contributed by atoms with van der Waals surface area (Å²) < 4.78 is 44.2. The normalized spacial score (nSPS) is 15.0. The highest BCUT2D eigenvalue weighted by atomic mass is 19.4. The lowest BCUT2D eigenvalue weighted by atomic mass is 10.1. The van der Waals surface area contributed by atoms with E-state index in [1.54, 1.807) is 0 Å². The summed E-state index contributed by atoms with van der Waals surface area (Å²) in [6.07, 6.45) is -4.30. The standard InChI is InChI=1S/C17H18F3N3O2/c1-2-25-14-6-4-3-5-11(14)9-23-8-7-12-13(10-23)21-16(17(18,19)20)22-15(12)24/h3-6H,2,7-10H2,1H3,(H,21,22,24). The van der Waals surface area contributed by atoms with Gasteiger partial charge in [-0.25, -0.2) is 4.98 Å². The zero-order valence-corrected chi connectivity index (χ0v) is 13.7. The molecule has 0 amide bonds. The predicted octanol–water partition coefficient (Wildman–Crippen LogP) is 2.75. The van der Waals surface area contributed by atoms with Crippen molar-refractivity contribution in [1.82, 2.24) is 14.9 Å². The maximum atomic E-state index is 12.9. The molecule has 0 unspecified atom stereocenters. The molecule has 25 heavy (non-hydrogen) atoms. The van der Waals surface area contributed by atoms with Crippen molar-refractivity contribution in [2.24, 2.45) is 0 Å². The second kappa shape index (κ2) is 6.87. The Kier molecular flexibility index (Phi) is 4.80. The highest BCUT2D eigenvalue weighted by Gasteiger charge is 2.36. The number of hydrogen-bond donors (Lipinski definition) is 1. The largest absolute Gasteiger partial charge is 0.494 e. The molecule has 1 N–H and O–H groups in total. The minimum absolute atomic E-state index is 0.191. The molecular formula is C17H18F3N3O2. The Morgan fingerprint density at radius 1 is 1.32 bits per heavy atom. The topological polar surface area (TPSA) is 58.2 Å². The van der Waals surface area contributed by atoms with Gasteiger partial charge < -0.3 is 9.72 Å². The van der Waals surface area contributed by atoms with E-state index in [1.807, 2.05) is 41.1 Å². The lowest BCUT2D eigenvalue weighted by molar-refractivity contribution is -0.145. The van der Waals surface area contributed by atoms with Gasteiger partial charge >= 0.3 is 6.18 Å². The summed E-state index contributed by atoms with van der Waals surface area (Å²) in [4.78, 5) is 19.3. The first-order valence-corrected chi connectivity index (χ1v) is 8.00. The lowest BCUT2D eigenvalue weighted by Crippen LogP contribution is -2.36. The number of para-hydroxylation sites is 1. The third-order valence-electron chi connectivity index (χ3n) is 4.09. The van der Waals surface area contributed by atoms with E-state index in [-0.39, 0.29) is 12.2 Å². The molecule has 0 aliphatic carbocycles. The number of fused-ring (bicyclic) bond motifs is 1. The Hall–Kier alpha value is -2.35. The van der Waals surface area contributed by atoms with Gasteiger partial charge in [-0.15, -0.1) is 0 Å². The van der Waals surface area contributed by atoms with Gasteiger partial charge in [-0.3, -0.25) is 9.69 Å². The number of hydrogen-bond acceptors (Lipinski definition) is 4. The number of H-pyrrole nitrogens is 1. The molecule has 1 aromatic heterocycles. The van der Waals surface area contributed by atoms with E-state index < -0.39 is 17.6 Å². The van der Waals surface area contributed by atoms with Gasteiger partial charge in [-0.2, -0.15) is 13.2 Å². The zero-order valence-electron chi connectivity index (χ0n) is 13.7. The van der Waals surface area contributed by atoms with Gasteiger partial charge in [0.25, 0.3) is 5.56 Å². The maximum Gasteiger partial charge on any atom is 0.449 e. The Bertz CT molecular complexity index is 818. The fraction of sp³-hybridized carbons (Fsp3) is 0.412. The molecule has 3 rings (SSSR count). The van der Waals surface area contributed by atoms with Crippen LogP contribution in [0.25, 0.3) is 0 Å². The maximum absolute atomic E-state index is 12.9. The van der Waals surface area contributed by atoms with Crippen molar-refractivity contribution in [1.29, 1.82) is 0 Å². The minimum atomic E-state index is -4.67. The van der Waals surface area contributed by atoms with E-state index in [1.165, 1.54) is 0 Å². The molecule has 134 valence electrons. The molecule has 0 fully saturated rings. The summed E-state index contributed by atoms with van der Waals surface area (Å²) in [5.41, 5.74) is 0.777. The van der Waals surface area contributed by atoms with Crippen LogP contribution in [0.5, 0.6) is 5.75 Å². The second-order valence-corrected chi connectivity index (χ2v) is 5.84. The first kappa shape index (κ1) is 17.5. The van der Waals surface area contributed by atoms with E-state index in [0.717, 1.165) is 11.3 Å². The van der Waals surface area contributed by atoms with E-state index in [4.69, 9.17) is 4.74 Å². The summed E-state index contributed by atoms with van der Waals surface area (Å²) in [5.74, 6) is -0.488. The molecule has 0 spiro atoms. The first-order chi connectivity index (χ1) is 11.9. The second-order valence-electron chi connectivity index (χ2n) is 5.84. The molecule has 1 aliphatic rings. The van der Waals surface area contributed by atoms with Crippen molar-refractivity contribution in [2.45, 2.75) is 32.6 Å². The molecule has 0 saturated carbocycles. The van der Waals surface area contributed by atoms with Crippen molar-refractivity contribution < 1.29 is 17.9 Å². The number of aromatic amines is 1. The smallest absolute Gasteiger partial charge is 0.449 e. The number of nitrogens with zero attached hydrogens (tertiary/aromatic N) is 2. The molecule has 5 nitrogen and oxygen atoms in total. The molecule has 8 heteroatoms. The van der Waals surface area contributed by atoms with Crippen LogP contribution in [0.3, 0.4) is 0 Å². The van der Waals surface area contributed by atoms with Crippen molar-refractivity contribution in [2.75, 3.05) is 13.2 Å². The van der Waals surface area contributed by atoms with Crippen LogP contribution >= 0.6 is 0 Å². The molecule has 1 aliphatic heterocycles. The van der Waals surface area contributed by atoms with Gasteiger partial charge in [-0.05, 0) is 19.4 Å². The Balaban J connectivity index is 1.84. The summed E-state index contributed by atoms with van der Waals surface area (Å²) in [6.45, 7) is 3.71. The molecule has 0 radical (unpaired) electrons. The Morgan fingerprint density at radius 3 is 2.80 bits per heavy atom. The van der Waals surface area contributed by atoms with Gasteiger partial charge in [-0.1, -0.05) is 18.2 Å². The fourth-order valence-electron chi connectivity index (χ4n) is 2.93. The number of benzene rings is 1. The van der Waals surface area contributed by atoms with E-state index in [2.05, 4.69) is 4.98 Å². The van der Waals surface area contributed by atoms with Crippen LogP contribution in [-0.4, -0.2) is 28.0 Å². The summed E-state index contributed by atoms with van der Waals surface area (Å²) >= 11 is 0. The highest BCUT2D eigenvalue weighted by molar-refractivity contribution is 5.33. The third-order valence-corrected chi connectivity index (χ3v) is 4.09. The van der Waals surface area contributed by atoms with Gasteiger partial charge in [0.15, 0.2) is 0 Å². The molecule has 2 aromatic rings. The van der Waals surface area contributed by atoms with Crippen LogP contribution in [0.2, 0.25) is 0 Å². The highest BCUT2D eigenvalue weighted by Crippen LogP contribution is 2.27. The predicted molar refractivity (Wildman–Crippen MR) is 85.3 cm³/mol. The number of halogens is 3. The monoisotopic (exact) mass is 353 g/mol. The average molecular weight is 353 g/mol. The van der Waals surface area contributed by atoms with Crippen LogP contribution < -0.4 is 10.3 Å². The Labute approximate surface area is 142 Å². The van der Waals surface area contributed by atoms with Gasteiger partial charge in [0.05, 0.1) is 12.3 Å². The van der Waals surface area contributed by atoms with Gasteiger partial charge in [0.2, 0.25) is 5.82 Å². The number of ether oxygens (including phenoxy) is 1. The summed E-state index contributed by atoms with van der Waals surface area (Å²) in [6, 6.07) is 7.55. The van der Waals surface area contributed by atoms with Crippen LogP contribution in [0.1, 0.15) is 29.6 Å². The van der Waals surface area contributed by atoms with E-state index in [9.17, 15) is 18.0 Å². The number of aromatic nitrogens is 2. The van der Waals surface area contributed by atoms with E-state index >= 15 is 0 Å². The quantitative estimate of drug-likeness (QED) is 0.918. The third kappa shape index (κ3) is 3.84. The number of nitrogens with one attached hydrogen (secondary N) is 1. The number of rotatable bonds is 4. The molecule has 1 aromatic carbocycles. The van der Waals surface area contributed by atoms with Crippen LogP contribution in [0.4, 0.5) is 13.2 Å². The van der Waals surface area contributed by atoms with Crippen LogP contribution in [0.15, 0.2) is 29.1 Å². The Morgan fingerprint density at radius 2 is 2.08 bits per heavy atom. The molecule has 0 atom stereocenters. The van der Waals surface area contributed by atoms with Crippen molar-refractivity contribution in [3.05, 3.63) is 57.3 Å². The van der Waals surface area contributed by atoms with Gasteiger partial charge in [0, 0.05) is 30.8 Å². The van der Waals surface area contributed by atoms with Crippen LogP contribution in [0, 0.1) is 0 Å². The molecular weight excluding hydrogens is 335 g/mol. The molecule has 0 bridgehead atoms. The SMILES string of the molecule is CCOc1ccccc1CN1CCc2c(nc(C(F)(F)F)[nH]c2=O)C1. The number of alkyl halides is 3. The fourth-order valence-corrected chi connectivity index (χ4v) is 2.93. The summed E-state index contributed by atoms with van der Waals surface area (Å²) in [5, 5.41) is 0. The van der Waals surface area contributed by atoms with E-state index in [0.29, 0.717) is 31.7 Å². The van der Waals surface area contributed by atoms with Gasteiger partial charge in [0.1, 0.15) is 5.75 Å². The van der Waals surface area contributed by atoms with Crippen molar-refractivity contribution in [3.8, 4) is 5.75 Å². The average Bonchev–Trinajstić information content (AvgIpc) is 2.56. The lowest BCUT2D eigenvalue weighted by Gasteiger charge is -2.28. The zero-order chi connectivity index (χ0) is 18.0. The van der Waals surface area contributed by atoms with Crippen molar-refractivity contribution >= 4 is 0 Å². The van der Waals surface area contributed by atoms with Crippen LogP contribution in [-0.2, 0) is 25.7 Å². The molecule has 2 heterocycles. The first-order valence-electron chi connectivity index (χ1n) is 8.00.